The smallest absolute Gasteiger partial charge is 0.408 e. The van der Waals surface area contributed by atoms with Gasteiger partial charge < -0.3 is 30.1 Å². The molecule has 3 N–H and O–H groups in total. The molecule has 0 aliphatic heterocycles. The molecule has 0 aromatic heterocycles. The lowest BCUT2D eigenvalue weighted by molar-refractivity contribution is -0.144. The standard InChI is InChI=1S/C29H47N3O7/c1-7-9-10-11-12-19-32(27(36)23(20-33)31-28(37)39-29(4,5)6)25(22-15-13-21(3)14-16-22)26(35)30-18-17-24(34)38-8-2/h13-16,23,25,33H,7-12,17-20H2,1-6H3,(H,30,35)(H,31,37). The summed E-state index contributed by atoms with van der Waals surface area (Å²) in [4.78, 5) is 52.9. The molecule has 0 radical (unpaired) electrons. The largest absolute Gasteiger partial charge is 0.466 e. The number of unbranched alkanes of at least 4 members (excludes halogenated alkanes) is 4. The Balaban J connectivity index is 3.30. The summed E-state index contributed by atoms with van der Waals surface area (Å²) in [7, 11) is 0. The van der Waals surface area contributed by atoms with Crippen LogP contribution in [0.2, 0.25) is 0 Å². The Morgan fingerprint density at radius 3 is 2.21 bits per heavy atom. The SMILES string of the molecule is CCCCCCCN(C(=O)C(CO)NC(=O)OC(C)(C)C)C(C(=O)NCCC(=O)OCC)c1ccc(C)cc1. The van der Waals surface area contributed by atoms with E-state index in [1.165, 1.54) is 4.90 Å². The number of ether oxygens (including phenoxy) is 2. The van der Waals surface area contributed by atoms with Gasteiger partial charge in [-0.25, -0.2) is 4.79 Å². The Morgan fingerprint density at radius 2 is 1.64 bits per heavy atom. The number of aliphatic hydroxyl groups excluding tert-OH is 1. The number of rotatable bonds is 16. The van der Waals surface area contributed by atoms with Gasteiger partial charge in [0.2, 0.25) is 11.8 Å². The quantitative estimate of drug-likeness (QED) is 0.211. The normalized spacial score (nSPS) is 12.7. The van der Waals surface area contributed by atoms with Gasteiger partial charge in [0.15, 0.2) is 0 Å². The summed E-state index contributed by atoms with van der Waals surface area (Å²) in [5, 5.41) is 15.2. The Bertz CT molecular complexity index is 912. The second kappa shape index (κ2) is 17.4. The van der Waals surface area contributed by atoms with Crippen LogP contribution in [0.5, 0.6) is 0 Å². The van der Waals surface area contributed by atoms with E-state index in [0.29, 0.717) is 12.0 Å². The molecule has 10 heteroatoms. The Labute approximate surface area is 232 Å². The van der Waals surface area contributed by atoms with Gasteiger partial charge in [-0.05, 0) is 46.6 Å². The van der Waals surface area contributed by atoms with E-state index < -0.39 is 48.2 Å². The van der Waals surface area contributed by atoms with Gasteiger partial charge in [-0.2, -0.15) is 0 Å². The topological polar surface area (TPSA) is 134 Å². The molecule has 0 saturated carbocycles. The van der Waals surface area contributed by atoms with Crippen LogP contribution in [-0.2, 0) is 23.9 Å². The van der Waals surface area contributed by atoms with E-state index in [2.05, 4.69) is 17.6 Å². The molecule has 10 nitrogen and oxygen atoms in total. The number of amides is 3. The maximum Gasteiger partial charge on any atom is 0.408 e. The average Bonchev–Trinajstić information content (AvgIpc) is 2.86. The molecule has 0 bridgehead atoms. The van der Waals surface area contributed by atoms with Crippen LogP contribution in [0, 0.1) is 6.92 Å². The number of esters is 1. The van der Waals surface area contributed by atoms with Crippen molar-refractivity contribution in [2.75, 3.05) is 26.3 Å². The van der Waals surface area contributed by atoms with E-state index in [1.54, 1.807) is 39.8 Å². The van der Waals surface area contributed by atoms with Crippen molar-refractivity contribution in [3.63, 3.8) is 0 Å². The summed E-state index contributed by atoms with van der Waals surface area (Å²) in [6.07, 6.45) is 3.74. The first kappa shape index (κ1) is 33.9. The zero-order valence-corrected chi connectivity index (χ0v) is 24.4. The number of benzene rings is 1. The van der Waals surface area contributed by atoms with Gasteiger partial charge in [0, 0.05) is 13.1 Å². The lowest BCUT2D eigenvalue weighted by Gasteiger charge is -2.34. The molecule has 39 heavy (non-hydrogen) atoms. The summed E-state index contributed by atoms with van der Waals surface area (Å²) >= 11 is 0. The lowest BCUT2D eigenvalue weighted by Crippen LogP contribution is -2.54. The summed E-state index contributed by atoms with van der Waals surface area (Å²) < 4.78 is 10.2. The fourth-order valence-electron chi connectivity index (χ4n) is 3.93. The van der Waals surface area contributed by atoms with Gasteiger partial charge >= 0.3 is 12.1 Å². The number of nitrogens with zero attached hydrogens (tertiary/aromatic N) is 1. The minimum absolute atomic E-state index is 0.00930. The molecule has 0 heterocycles. The van der Waals surface area contributed by atoms with Gasteiger partial charge in [0.25, 0.3) is 0 Å². The summed E-state index contributed by atoms with van der Waals surface area (Å²) in [5.74, 6) is -1.51. The summed E-state index contributed by atoms with van der Waals surface area (Å²) in [6, 6.07) is 4.90. The van der Waals surface area contributed by atoms with E-state index in [1.807, 2.05) is 19.1 Å². The van der Waals surface area contributed by atoms with Crippen LogP contribution in [-0.4, -0.2) is 71.8 Å². The number of hydrogen-bond acceptors (Lipinski definition) is 7. The lowest BCUT2D eigenvalue weighted by atomic mass is 10.0. The molecule has 2 unspecified atom stereocenters. The first-order valence-corrected chi connectivity index (χ1v) is 13.8. The molecule has 0 spiro atoms. The van der Waals surface area contributed by atoms with Gasteiger partial charge in [-0.15, -0.1) is 0 Å². The van der Waals surface area contributed by atoms with Crippen LogP contribution in [0.25, 0.3) is 0 Å². The first-order valence-electron chi connectivity index (χ1n) is 13.8. The number of nitrogens with one attached hydrogen (secondary N) is 2. The van der Waals surface area contributed by atoms with Gasteiger partial charge in [-0.3, -0.25) is 14.4 Å². The molecule has 0 fully saturated rings. The highest BCUT2D eigenvalue weighted by Gasteiger charge is 2.35. The number of aliphatic hydroxyl groups is 1. The fraction of sp³-hybridized carbons (Fsp3) is 0.655. The minimum atomic E-state index is -1.31. The number of alkyl carbamates (subject to hydrolysis) is 1. The second-order valence-corrected chi connectivity index (χ2v) is 10.5. The molecule has 220 valence electrons. The fourth-order valence-corrected chi connectivity index (χ4v) is 3.93. The van der Waals surface area contributed by atoms with Crippen molar-refractivity contribution < 1.29 is 33.8 Å². The number of hydrogen-bond donors (Lipinski definition) is 3. The first-order chi connectivity index (χ1) is 18.4. The van der Waals surface area contributed by atoms with Crippen LogP contribution in [0.15, 0.2) is 24.3 Å². The third kappa shape index (κ3) is 13.0. The maximum absolute atomic E-state index is 13.8. The van der Waals surface area contributed by atoms with E-state index in [-0.39, 0.29) is 26.1 Å². The predicted octanol–water partition coefficient (Wildman–Crippen LogP) is 3.79. The van der Waals surface area contributed by atoms with E-state index >= 15 is 0 Å². The molecule has 0 aliphatic carbocycles. The van der Waals surface area contributed by atoms with Gasteiger partial charge in [-0.1, -0.05) is 62.4 Å². The Hall–Kier alpha value is -3.14. The molecule has 1 rings (SSSR count). The van der Waals surface area contributed by atoms with Crippen molar-refractivity contribution in [2.24, 2.45) is 0 Å². The van der Waals surface area contributed by atoms with Crippen LogP contribution >= 0.6 is 0 Å². The van der Waals surface area contributed by atoms with Gasteiger partial charge in [0.1, 0.15) is 17.7 Å². The van der Waals surface area contributed by atoms with E-state index in [0.717, 1.165) is 31.2 Å². The van der Waals surface area contributed by atoms with Crippen molar-refractivity contribution in [2.45, 2.75) is 97.8 Å². The Kier molecular flexibility index (Phi) is 15.2. The number of carbonyl (C=O) groups is 4. The highest BCUT2D eigenvalue weighted by Crippen LogP contribution is 2.24. The third-order valence-electron chi connectivity index (χ3n) is 5.84. The molecule has 2 atom stereocenters. The molecule has 1 aromatic carbocycles. The molecule has 1 aromatic rings. The average molecular weight is 550 g/mol. The van der Waals surface area contributed by atoms with E-state index in [9.17, 15) is 24.3 Å². The van der Waals surface area contributed by atoms with Crippen molar-refractivity contribution in [3.05, 3.63) is 35.4 Å². The van der Waals surface area contributed by atoms with Crippen molar-refractivity contribution >= 4 is 23.9 Å². The second-order valence-electron chi connectivity index (χ2n) is 10.5. The molecule has 0 aliphatic rings. The predicted molar refractivity (Wildman–Crippen MR) is 149 cm³/mol. The van der Waals surface area contributed by atoms with E-state index in [4.69, 9.17) is 9.47 Å². The van der Waals surface area contributed by atoms with Crippen molar-refractivity contribution in [1.82, 2.24) is 15.5 Å². The minimum Gasteiger partial charge on any atom is -0.466 e. The van der Waals surface area contributed by atoms with Crippen LogP contribution < -0.4 is 10.6 Å². The summed E-state index contributed by atoms with van der Waals surface area (Å²) in [6.45, 7) is 10.7. The van der Waals surface area contributed by atoms with Crippen LogP contribution in [0.4, 0.5) is 4.79 Å². The maximum atomic E-state index is 13.8. The van der Waals surface area contributed by atoms with Gasteiger partial charge in [0.05, 0.1) is 19.6 Å². The molecular weight excluding hydrogens is 502 g/mol. The highest BCUT2D eigenvalue weighted by molar-refractivity contribution is 5.92. The van der Waals surface area contributed by atoms with Crippen LogP contribution in [0.1, 0.15) is 90.3 Å². The number of carbonyl (C=O) groups excluding carboxylic acids is 4. The number of aryl methyl sites for hydroxylation is 1. The molecular formula is C29H47N3O7. The molecule has 3 amide bonds. The zero-order chi connectivity index (χ0) is 29.4. The third-order valence-corrected chi connectivity index (χ3v) is 5.84. The Morgan fingerprint density at radius 1 is 1.00 bits per heavy atom. The highest BCUT2D eigenvalue weighted by atomic mass is 16.6. The van der Waals surface area contributed by atoms with Crippen LogP contribution in [0.3, 0.4) is 0 Å². The van der Waals surface area contributed by atoms with Crippen molar-refractivity contribution in [1.29, 1.82) is 0 Å². The zero-order valence-electron chi connectivity index (χ0n) is 24.4. The van der Waals surface area contributed by atoms with Crippen molar-refractivity contribution in [3.8, 4) is 0 Å². The monoisotopic (exact) mass is 549 g/mol. The molecule has 0 saturated heterocycles. The summed E-state index contributed by atoms with van der Waals surface area (Å²) in [5.41, 5.74) is 0.762.